The molecule has 17 heavy (non-hydrogen) atoms. The second-order valence-corrected chi connectivity index (χ2v) is 5.13. The van der Waals surface area contributed by atoms with Crippen LogP contribution < -0.4 is 0 Å². The van der Waals surface area contributed by atoms with Crippen LogP contribution in [0.3, 0.4) is 0 Å². The van der Waals surface area contributed by atoms with Crippen molar-refractivity contribution < 1.29 is 5.11 Å². The standard InChI is InChI=1S/C11H21N5O/c1-3-4-6-16-10(12-13-14-16)8-15-7-5-11(2,17)9-15/h17H,3-9H2,1-2H3. The van der Waals surface area contributed by atoms with Gasteiger partial charge < -0.3 is 5.11 Å². The number of aryl methyl sites for hydroxylation is 1. The molecule has 1 N–H and O–H groups in total. The van der Waals surface area contributed by atoms with E-state index in [0.717, 1.165) is 44.7 Å². The van der Waals surface area contributed by atoms with Crippen LogP contribution in [-0.4, -0.2) is 48.9 Å². The first-order valence-electron chi connectivity index (χ1n) is 6.30. The van der Waals surface area contributed by atoms with Gasteiger partial charge in [0.2, 0.25) is 0 Å². The van der Waals surface area contributed by atoms with Crippen molar-refractivity contribution in [3.8, 4) is 0 Å². The monoisotopic (exact) mass is 239 g/mol. The second-order valence-electron chi connectivity index (χ2n) is 5.13. The van der Waals surface area contributed by atoms with Crippen LogP contribution >= 0.6 is 0 Å². The molecule has 1 aliphatic rings. The van der Waals surface area contributed by atoms with Gasteiger partial charge in [0.1, 0.15) is 0 Å². The number of unbranched alkanes of at least 4 members (excludes halogenated alkanes) is 1. The van der Waals surface area contributed by atoms with Crippen LogP contribution in [0.4, 0.5) is 0 Å². The van der Waals surface area contributed by atoms with Gasteiger partial charge in [-0.3, -0.25) is 4.90 Å². The molecule has 1 saturated heterocycles. The molecule has 2 heterocycles. The van der Waals surface area contributed by atoms with Crippen molar-refractivity contribution in [2.24, 2.45) is 0 Å². The highest BCUT2D eigenvalue weighted by Gasteiger charge is 2.31. The Labute approximate surface area is 102 Å². The first-order chi connectivity index (χ1) is 8.11. The summed E-state index contributed by atoms with van der Waals surface area (Å²) in [5.74, 6) is 0.899. The predicted octanol–water partition coefficient (Wildman–Crippen LogP) is 0.430. The molecule has 0 aliphatic carbocycles. The summed E-state index contributed by atoms with van der Waals surface area (Å²) in [6, 6.07) is 0. The minimum atomic E-state index is -0.554. The van der Waals surface area contributed by atoms with E-state index in [1.165, 1.54) is 0 Å². The van der Waals surface area contributed by atoms with E-state index in [2.05, 4.69) is 27.3 Å². The number of nitrogens with zero attached hydrogens (tertiary/aromatic N) is 5. The molecule has 0 saturated carbocycles. The van der Waals surface area contributed by atoms with Gasteiger partial charge >= 0.3 is 0 Å². The molecule has 1 unspecified atom stereocenters. The molecule has 1 atom stereocenters. The van der Waals surface area contributed by atoms with Crippen molar-refractivity contribution in [3.63, 3.8) is 0 Å². The SMILES string of the molecule is CCCCn1nnnc1CN1CCC(C)(O)C1. The van der Waals surface area contributed by atoms with Gasteiger partial charge in [0.15, 0.2) is 5.82 Å². The summed E-state index contributed by atoms with van der Waals surface area (Å²) < 4.78 is 1.87. The molecule has 1 fully saturated rings. The molecule has 0 amide bonds. The number of rotatable bonds is 5. The minimum absolute atomic E-state index is 0.554. The quantitative estimate of drug-likeness (QED) is 0.807. The third-order valence-electron chi connectivity index (χ3n) is 3.23. The number of hydrogen-bond donors (Lipinski definition) is 1. The van der Waals surface area contributed by atoms with Crippen molar-refractivity contribution in [2.45, 2.75) is 51.8 Å². The van der Waals surface area contributed by atoms with Gasteiger partial charge in [-0.05, 0) is 30.2 Å². The number of likely N-dealkylation sites (tertiary alicyclic amines) is 1. The summed E-state index contributed by atoms with van der Waals surface area (Å²) in [4.78, 5) is 2.20. The third kappa shape index (κ3) is 3.23. The summed E-state index contributed by atoms with van der Waals surface area (Å²) in [5.41, 5.74) is -0.554. The second kappa shape index (κ2) is 5.10. The molecule has 1 aliphatic heterocycles. The van der Waals surface area contributed by atoms with Gasteiger partial charge in [-0.15, -0.1) is 5.10 Å². The van der Waals surface area contributed by atoms with Crippen molar-refractivity contribution in [1.29, 1.82) is 0 Å². The topological polar surface area (TPSA) is 67.1 Å². The molecule has 1 aromatic heterocycles. The van der Waals surface area contributed by atoms with E-state index in [1.807, 2.05) is 11.6 Å². The Bertz CT molecular complexity index is 362. The molecular weight excluding hydrogens is 218 g/mol. The van der Waals surface area contributed by atoms with Crippen LogP contribution in [0.15, 0.2) is 0 Å². The fourth-order valence-corrected chi connectivity index (χ4v) is 2.19. The molecule has 0 spiro atoms. The molecule has 0 aromatic carbocycles. The molecular formula is C11H21N5O. The molecule has 2 rings (SSSR count). The first kappa shape index (κ1) is 12.4. The van der Waals surface area contributed by atoms with E-state index >= 15 is 0 Å². The van der Waals surface area contributed by atoms with Gasteiger partial charge in [-0.1, -0.05) is 13.3 Å². The smallest absolute Gasteiger partial charge is 0.165 e. The fraction of sp³-hybridized carbons (Fsp3) is 0.909. The highest BCUT2D eigenvalue weighted by molar-refractivity contribution is 4.90. The normalized spacial score (nSPS) is 25.6. The van der Waals surface area contributed by atoms with Crippen molar-refractivity contribution >= 4 is 0 Å². The molecule has 96 valence electrons. The lowest BCUT2D eigenvalue weighted by Gasteiger charge is -2.18. The summed E-state index contributed by atoms with van der Waals surface area (Å²) in [6.45, 7) is 7.26. The highest BCUT2D eigenvalue weighted by Crippen LogP contribution is 2.21. The van der Waals surface area contributed by atoms with Crippen LogP contribution in [0, 0.1) is 0 Å². The maximum absolute atomic E-state index is 9.90. The van der Waals surface area contributed by atoms with Crippen molar-refractivity contribution in [1.82, 2.24) is 25.1 Å². The lowest BCUT2D eigenvalue weighted by atomic mass is 10.1. The van der Waals surface area contributed by atoms with Gasteiger partial charge in [-0.2, -0.15) is 0 Å². The van der Waals surface area contributed by atoms with E-state index in [1.54, 1.807) is 0 Å². The van der Waals surface area contributed by atoms with Gasteiger partial charge in [-0.25, -0.2) is 4.68 Å². The van der Waals surface area contributed by atoms with Crippen LogP contribution in [-0.2, 0) is 13.1 Å². The van der Waals surface area contributed by atoms with Gasteiger partial charge in [0, 0.05) is 19.6 Å². The van der Waals surface area contributed by atoms with E-state index in [4.69, 9.17) is 0 Å². The molecule has 0 bridgehead atoms. The first-order valence-corrected chi connectivity index (χ1v) is 6.30. The minimum Gasteiger partial charge on any atom is -0.389 e. The van der Waals surface area contributed by atoms with Crippen LogP contribution in [0.25, 0.3) is 0 Å². The van der Waals surface area contributed by atoms with Gasteiger partial charge in [0.25, 0.3) is 0 Å². The summed E-state index contributed by atoms with van der Waals surface area (Å²) in [7, 11) is 0. The van der Waals surface area contributed by atoms with E-state index in [0.29, 0.717) is 6.54 Å². The van der Waals surface area contributed by atoms with Crippen molar-refractivity contribution in [2.75, 3.05) is 13.1 Å². The highest BCUT2D eigenvalue weighted by atomic mass is 16.3. The van der Waals surface area contributed by atoms with E-state index < -0.39 is 5.60 Å². The Kier molecular flexibility index (Phi) is 3.73. The Hall–Kier alpha value is -1.01. The zero-order valence-corrected chi connectivity index (χ0v) is 10.6. The Balaban J connectivity index is 1.92. The molecule has 6 heteroatoms. The maximum Gasteiger partial charge on any atom is 0.165 e. The number of aliphatic hydroxyl groups is 1. The van der Waals surface area contributed by atoms with E-state index in [-0.39, 0.29) is 0 Å². The van der Waals surface area contributed by atoms with Crippen LogP contribution in [0.1, 0.15) is 38.9 Å². The molecule has 0 radical (unpaired) electrons. The van der Waals surface area contributed by atoms with Crippen LogP contribution in [0.2, 0.25) is 0 Å². The average molecular weight is 239 g/mol. The Morgan fingerprint density at radius 1 is 1.47 bits per heavy atom. The predicted molar refractivity (Wildman–Crippen MR) is 63.2 cm³/mol. The largest absolute Gasteiger partial charge is 0.389 e. The van der Waals surface area contributed by atoms with Crippen molar-refractivity contribution in [3.05, 3.63) is 5.82 Å². The van der Waals surface area contributed by atoms with Gasteiger partial charge in [0.05, 0.1) is 12.1 Å². The average Bonchev–Trinajstić information content (AvgIpc) is 2.83. The fourth-order valence-electron chi connectivity index (χ4n) is 2.19. The lowest BCUT2D eigenvalue weighted by molar-refractivity contribution is 0.0673. The number of β-amino-alcohol motifs (C(OH)–C–C–N with tert-alkyl or cyclic N) is 1. The zero-order chi connectivity index (χ0) is 12.3. The summed E-state index contributed by atoms with van der Waals surface area (Å²) >= 11 is 0. The number of tetrazole rings is 1. The van der Waals surface area contributed by atoms with E-state index in [9.17, 15) is 5.11 Å². The Morgan fingerprint density at radius 2 is 2.29 bits per heavy atom. The number of hydrogen-bond acceptors (Lipinski definition) is 5. The lowest BCUT2D eigenvalue weighted by Crippen LogP contribution is -2.30. The zero-order valence-electron chi connectivity index (χ0n) is 10.6. The number of aromatic nitrogens is 4. The Morgan fingerprint density at radius 3 is 2.94 bits per heavy atom. The summed E-state index contributed by atoms with van der Waals surface area (Å²) in [5, 5.41) is 21.7. The summed E-state index contributed by atoms with van der Waals surface area (Å²) in [6.07, 6.45) is 3.05. The molecule has 6 nitrogen and oxygen atoms in total. The molecule has 1 aromatic rings. The van der Waals surface area contributed by atoms with Crippen LogP contribution in [0.5, 0.6) is 0 Å². The third-order valence-corrected chi connectivity index (χ3v) is 3.23. The maximum atomic E-state index is 9.90.